The molecule has 0 spiro atoms. The van der Waals surface area contributed by atoms with Crippen molar-refractivity contribution in [3.63, 3.8) is 0 Å². The molecule has 0 aliphatic carbocycles. The lowest BCUT2D eigenvalue weighted by Gasteiger charge is -2.11. The van der Waals surface area contributed by atoms with E-state index in [9.17, 15) is 9.18 Å². The second-order valence-corrected chi connectivity index (χ2v) is 7.02. The van der Waals surface area contributed by atoms with Gasteiger partial charge in [0.25, 0.3) is 5.91 Å². The molecule has 134 valence electrons. The van der Waals surface area contributed by atoms with Crippen molar-refractivity contribution in [1.82, 2.24) is 5.16 Å². The van der Waals surface area contributed by atoms with E-state index in [1.807, 2.05) is 32.0 Å². The van der Waals surface area contributed by atoms with Crippen LogP contribution >= 0.6 is 11.8 Å². The maximum Gasteiger partial charge on any atom is 0.256 e. The summed E-state index contributed by atoms with van der Waals surface area (Å²) in [5, 5.41) is 6.82. The summed E-state index contributed by atoms with van der Waals surface area (Å²) in [4.78, 5) is 13.6. The number of nitrogens with zero attached hydrogens (tertiary/aromatic N) is 1. The van der Waals surface area contributed by atoms with E-state index in [4.69, 9.17) is 4.52 Å². The Hall–Kier alpha value is -2.60. The molecule has 1 amide bonds. The second-order valence-electron chi connectivity index (χ2n) is 6.00. The van der Waals surface area contributed by atoms with Crippen molar-refractivity contribution in [2.75, 3.05) is 5.32 Å². The minimum absolute atomic E-state index is 0.221. The Morgan fingerprint density at radius 1 is 1.19 bits per heavy atom. The molecule has 1 heterocycles. The molecule has 1 aromatic heterocycles. The van der Waals surface area contributed by atoms with E-state index in [1.165, 1.54) is 12.1 Å². The van der Waals surface area contributed by atoms with E-state index in [1.54, 1.807) is 30.8 Å². The Balaban J connectivity index is 1.79. The van der Waals surface area contributed by atoms with Crippen molar-refractivity contribution in [1.29, 1.82) is 0 Å². The first-order valence-corrected chi connectivity index (χ1v) is 9.15. The van der Waals surface area contributed by atoms with Gasteiger partial charge in [0.05, 0.1) is 11.3 Å². The number of hydrogen-bond acceptors (Lipinski definition) is 4. The fourth-order valence-electron chi connectivity index (χ4n) is 2.59. The maximum atomic E-state index is 13.2. The van der Waals surface area contributed by atoms with Crippen LogP contribution in [0.1, 0.15) is 32.9 Å². The number of aryl methyl sites for hydroxylation is 3. The van der Waals surface area contributed by atoms with Crippen LogP contribution in [0.15, 0.2) is 51.9 Å². The van der Waals surface area contributed by atoms with Crippen LogP contribution in [0.3, 0.4) is 0 Å². The van der Waals surface area contributed by atoms with Crippen LogP contribution in [-0.4, -0.2) is 11.1 Å². The fourth-order valence-corrected chi connectivity index (χ4v) is 3.80. The van der Waals surface area contributed by atoms with Gasteiger partial charge in [-0.1, -0.05) is 17.3 Å². The largest absolute Gasteiger partial charge is 0.361 e. The molecule has 0 bridgehead atoms. The number of anilines is 1. The summed E-state index contributed by atoms with van der Waals surface area (Å²) in [5.74, 6) is 0.914. The Bertz CT molecular complexity index is 933. The SMILES string of the molecule is Cc1cc(F)ccc1NC(=O)c1ccccc1SCc1c(C)noc1C. The Morgan fingerprint density at radius 2 is 1.96 bits per heavy atom. The van der Waals surface area contributed by atoms with Gasteiger partial charge in [-0.25, -0.2) is 4.39 Å². The van der Waals surface area contributed by atoms with Gasteiger partial charge in [0.1, 0.15) is 11.6 Å². The zero-order valence-electron chi connectivity index (χ0n) is 14.8. The number of hydrogen-bond donors (Lipinski definition) is 1. The quantitative estimate of drug-likeness (QED) is 0.621. The number of halogens is 1. The van der Waals surface area contributed by atoms with E-state index in [0.717, 1.165) is 21.9 Å². The molecule has 3 aromatic rings. The van der Waals surface area contributed by atoms with Crippen molar-refractivity contribution in [2.24, 2.45) is 0 Å². The zero-order chi connectivity index (χ0) is 18.7. The third kappa shape index (κ3) is 3.96. The number of carbonyl (C=O) groups excluding carboxylic acids is 1. The summed E-state index contributed by atoms with van der Waals surface area (Å²) >= 11 is 1.56. The van der Waals surface area contributed by atoms with Crippen molar-refractivity contribution in [2.45, 2.75) is 31.4 Å². The molecule has 0 atom stereocenters. The minimum Gasteiger partial charge on any atom is -0.361 e. The van der Waals surface area contributed by atoms with Gasteiger partial charge in [-0.2, -0.15) is 0 Å². The number of thioether (sulfide) groups is 1. The monoisotopic (exact) mass is 370 g/mol. The van der Waals surface area contributed by atoms with E-state index >= 15 is 0 Å². The molecule has 4 nitrogen and oxygen atoms in total. The van der Waals surface area contributed by atoms with E-state index in [2.05, 4.69) is 10.5 Å². The molecular weight excluding hydrogens is 351 g/mol. The number of benzene rings is 2. The van der Waals surface area contributed by atoms with Gasteiger partial charge in [-0.3, -0.25) is 4.79 Å². The Labute approximate surface area is 155 Å². The Kier molecular flexibility index (Phi) is 5.42. The molecule has 0 aliphatic rings. The summed E-state index contributed by atoms with van der Waals surface area (Å²) in [6.07, 6.45) is 0. The first-order chi connectivity index (χ1) is 12.5. The summed E-state index contributed by atoms with van der Waals surface area (Å²) in [6, 6.07) is 11.7. The topological polar surface area (TPSA) is 55.1 Å². The van der Waals surface area contributed by atoms with Crippen molar-refractivity contribution in [3.8, 4) is 0 Å². The summed E-state index contributed by atoms with van der Waals surface area (Å²) in [6.45, 7) is 5.55. The molecular formula is C20H19FN2O2S. The van der Waals surface area contributed by atoms with Gasteiger partial charge in [0.2, 0.25) is 0 Å². The highest BCUT2D eigenvalue weighted by atomic mass is 32.2. The highest BCUT2D eigenvalue weighted by Crippen LogP contribution is 2.29. The lowest BCUT2D eigenvalue weighted by atomic mass is 10.1. The molecule has 1 N–H and O–H groups in total. The van der Waals surface area contributed by atoms with Crippen LogP contribution in [0.4, 0.5) is 10.1 Å². The number of nitrogens with one attached hydrogen (secondary N) is 1. The van der Waals surface area contributed by atoms with E-state index < -0.39 is 0 Å². The molecule has 3 rings (SSSR count). The van der Waals surface area contributed by atoms with Crippen LogP contribution in [0, 0.1) is 26.6 Å². The lowest BCUT2D eigenvalue weighted by molar-refractivity contribution is 0.102. The molecule has 0 aliphatic heterocycles. The summed E-state index contributed by atoms with van der Waals surface area (Å²) in [5.41, 5.74) is 3.76. The van der Waals surface area contributed by atoms with E-state index in [-0.39, 0.29) is 11.7 Å². The molecule has 26 heavy (non-hydrogen) atoms. The van der Waals surface area contributed by atoms with Crippen LogP contribution in [-0.2, 0) is 5.75 Å². The maximum absolute atomic E-state index is 13.2. The van der Waals surface area contributed by atoms with Gasteiger partial charge in [0.15, 0.2) is 0 Å². The highest BCUT2D eigenvalue weighted by molar-refractivity contribution is 7.98. The van der Waals surface area contributed by atoms with Gasteiger partial charge in [0, 0.05) is 21.9 Å². The number of carbonyl (C=O) groups is 1. The summed E-state index contributed by atoms with van der Waals surface area (Å²) < 4.78 is 18.4. The van der Waals surface area contributed by atoms with Gasteiger partial charge in [-0.05, 0) is 56.7 Å². The van der Waals surface area contributed by atoms with E-state index in [0.29, 0.717) is 22.6 Å². The second kappa shape index (κ2) is 7.74. The number of rotatable bonds is 5. The number of aromatic nitrogens is 1. The average Bonchev–Trinajstić information content (AvgIpc) is 2.94. The Morgan fingerprint density at radius 3 is 2.65 bits per heavy atom. The predicted octanol–water partition coefficient (Wildman–Crippen LogP) is 5.28. The van der Waals surface area contributed by atoms with Crippen molar-refractivity contribution in [3.05, 3.63) is 76.4 Å². The average molecular weight is 370 g/mol. The number of amides is 1. The molecule has 0 fully saturated rings. The molecule has 0 saturated heterocycles. The first-order valence-electron chi connectivity index (χ1n) is 8.17. The van der Waals surface area contributed by atoms with Crippen molar-refractivity contribution >= 4 is 23.4 Å². The lowest BCUT2D eigenvalue weighted by Crippen LogP contribution is -2.14. The molecule has 0 saturated carbocycles. The van der Waals surface area contributed by atoms with Crippen LogP contribution < -0.4 is 5.32 Å². The predicted molar refractivity (Wildman–Crippen MR) is 101 cm³/mol. The van der Waals surface area contributed by atoms with Crippen LogP contribution in [0.5, 0.6) is 0 Å². The fraction of sp³-hybridized carbons (Fsp3) is 0.200. The minimum atomic E-state index is -0.323. The van der Waals surface area contributed by atoms with Gasteiger partial charge < -0.3 is 9.84 Å². The third-order valence-electron chi connectivity index (χ3n) is 4.12. The normalized spacial score (nSPS) is 10.8. The third-order valence-corrected chi connectivity index (χ3v) is 5.22. The molecule has 0 radical (unpaired) electrons. The van der Waals surface area contributed by atoms with Crippen LogP contribution in [0.25, 0.3) is 0 Å². The highest BCUT2D eigenvalue weighted by Gasteiger charge is 2.15. The standard InChI is InChI=1S/C20H19FN2O2S/c1-12-10-15(21)8-9-18(12)22-20(24)16-6-4-5-7-19(16)26-11-17-13(2)23-25-14(17)3/h4-10H,11H2,1-3H3,(H,22,24). The summed E-state index contributed by atoms with van der Waals surface area (Å²) in [7, 11) is 0. The van der Waals surface area contributed by atoms with Crippen molar-refractivity contribution < 1.29 is 13.7 Å². The molecule has 6 heteroatoms. The van der Waals surface area contributed by atoms with Gasteiger partial charge >= 0.3 is 0 Å². The molecule has 0 unspecified atom stereocenters. The van der Waals surface area contributed by atoms with Crippen LogP contribution in [0.2, 0.25) is 0 Å². The smallest absolute Gasteiger partial charge is 0.256 e. The first kappa shape index (κ1) is 18.2. The molecule has 2 aromatic carbocycles. The van der Waals surface area contributed by atoms with Gasteiger partial charge in [-0.15, -0.1) is 11.8 Å². The zero-order valence-corrected chi connectivity index (χ0v) is 15.6.